The number of rotatable bonds is 4. The molecule has 2 atom stereocenters. The van der Waals surface area contributed by atoms with Crippen molar-refractivity contribution in [1.82, 2.24) is 9.47 Å². The van der Waals surface area contributed by atoms with Crippen LogP contribution in [0.2, 0.25) is 0 Å². The van der Waals surface area contributed by atoms with E-state index in [4.69, 9.17) is 5.26 Å². The first-order valence-corrected chi connectivity index (χ1v) is 13.0. The van der Waals surface area contributed by atoms with Crippen LogP contribution in [0.4, 0.5) is 5.69 Å². The van der Waals surface area contributed by atoms with Gasteiger partial charge in [0.15, 0.2) is 0 Å². The van der Waals surface area contributed by atoms with Gasteiger partial charge in [0.05, 0.1) is 11.6 Å². The van der Waals surface area contributed by atoms with Crippen LogP contribution < -0.4 is 10.9 Å². The Bertz CT molecular complexity index is 1650. The number of carbonyl (C=O) groups is 2. The first-order chi connectivity index (χ1) is 19.0. The fraction of sp³-hybridized carbons (Fsp3) is 0.188. The molecule has 0 saturated carbocycles. The smallest absolute Gasteiger partial charge is 0.274 e. The van der Waals surface area contributed by atoms with Crippen molar-refractivity contribution < 1.29 is 9.59 Å². The Morgan fingerprint density at radius 2 is 1.49 bits per heavy atom. The van der Waals surface area contributed by atoms with E-state index in [0.717, 1.165) is 23.2 Å². The molecule has 2 aliphatic heterocycles. The number of anilines is 1. The van der Waals surface area contributed by atoms with Gasteiger partial charge in [0.2, 0.25) is 0 Å². The highest BCUT2D eigenvalue weighted by Gasteiger charge is 2.37. The van der Waals surface area contributed by atoms with Gasteiger partial charge in [0.1, 0.15) is 5.69 Å². The summed E-state index contributed by atoms with van der Waals surface area (Å²) in [6.07, 6.45) is 0.924. The molecule has 39 heavy (non-hydrogen) atoms. The van der Waals surface area contributed by atoms with Crippen LogP contribution in [0, 0.1) is 17.2 Å². The van der Waals surface area contributed by atoms with Crippen molar-refractivity contribution in [3.8, 4) is 17.2 Å². The summed E-state index contributed by atoms with van der Waals surface area (Å²) in [5, 5.41) is 11.7. The number of nitriles is 1. The van der Waals surface area contributed by atoms with Gasteiger partial charge >= 0.3 is 0 Å². The molecule has 2 aliphatic rings. The number of fused-ring (bicyclic) bond motifs is 4. The summed E-state index contributed by atoms with van der Waals surface area (Å²) in [4.78, 5) is 41.3. The topological polar surface area (TPSA) is 95.2 Å². The quantitative estimate of drug-likeness (QED) is 0.419. The first-order valence-electron chi connectivity index (χ1n) is 13.0. The number of hydrogen-bond donors (Lipinski definition) is 1. The second-order valence-electron chi connectivity index (χ2n) is 10.2. The van der Waals surface area contributed by atoms with Crippen molar-refractivity contribution in [2.75, 3.05) is 18.4 Å². The SMILES string of the molecule is N#Cc1ccc(C(=O)Nc2ccc3n(c2=O)CC2CC3CN(C(=O)c3ccc(-c4ccccc4)cc3)C2)cc1. The van der Waals surface area contributed by atoms with E-state index in [1.807, 2.05) is 71.6 Å². The number of pyridine rings is 1. The maximum Gasteiger partial charge on any atom is 0.274 e. The van der Waals surface area contributed by atoms with Crippen LogP contribution >= 0.6 is 0 Å². The molecule has 7 heteroatoms. The summed E-state index contributed by atoms with van der Waals surface area (Å²) < 4.78 is 1.75. The minimum absolute atomic E-state index is 0.00593. The molecule has 192 valence electrons. The Hall–Kier alpha value is -4.96. The third-order valence-corrected chi connectivity index (χ3v) is 7.65. The molecule has 1 fully saturated rings. The summed E-state index contributed by atoms with van der Waals surface area (Å²) in [7, 11) is 0. The van der Waals surface area contributed by atoms with E-state index in [-0.39, 0.29) is 29.0 Å². The van der Waals surface area contributed by atoms with Gasteiger partial charge in [-0.2, -0.15) is 5.26 Å². The van der Waals surface area contributed by atoms with Gasteiger partial charge in [-0.05, 0) is 72.0 Å². The van der Waals surface area contributed by atoms with Gasteiger partial charge in [-0.3, -0.25) is 14.4 Å². The van der Waals surface area contributed by atoms with E-state index in [9.17, 15) is 14.4 Å². The molecule has 0 radical (unpaired) electrons. The van der Waals surface area contributed by atoms with Crippen LogP contribution in [-0.2, 0) is 6.54 Å². The fourth-order valence-corrected chi connectivity index (χ4v) is 5.72. The number of nitrogens with zero attached hydrogens (tertiary/aromatic N) is 3. The maximum absolute atomic E-state index is 13.4. The Morgan fingerprint density at radius 1 is 0.795 bits per heavy atom. The molecule has 6 rings (SSSR count). The minimum atomic E-state index is -0.400. The molecule has 2 amide bonds. The van der Waals surface area contributed by atoms with E-state index in [2.05, 4.69) is 5.32 Å². The van der Waals surface area contributed by atoms with Crippen molar-refractivity contribution in [3.05, 3.63) is 124 Å². The first kappa shape index (κ1) is 24.4. The summed E-state index contributed by atoms with van der Waals surface area (Å²) in [6.45, 7) is 1.64. The maximum atomic E-state index is 13.4. The van der Waals surface area contributed by atoms with E-state index in [1.54, 1.807) is 34.9 Å². The van der Waals surface area contributed by atoms with Gasteiger partial charge in [-0.25, -0.2) is 0 Å². The number of amides is 2. The van der Waals surface area contributed by atoms with Gasteiger partial charge in [0.25, 0.3) is 17.4 Å². The number of piperidine rings is 1. The average Bonchev–Trinajstić information content (AvgIpc) is 2.99. The molecule has 0 aliphatic carbocycles. The van der Waals surface area contributed by atoms with Crippen LogP contribution in [0.25, 0.3) is 11.1 Å². The van der Waals surface area contributed by atoms with Crippen LogP contribution in [0.15, 0.2) is 95.8 Å². The van der Waals surface area contributed by atoms with E-state index in [0.29, 0.717) is 36.3 Å². The third-order valence-electron chi connectivity index (χ3n) is 7.65. The van der Waals surface area contributed by atoms with Crippen molar-refractivity contribution in [2.45, 2.75) is 18.9 Å². The van der Waals surface area contributed by atoms with E-state index >= 15 is 0 Å². The van der Waals surface area contributed by atoms with Crippen LogP contribution in [0.3, 0.4) is 0 Å². The molecule has 1 saturated heterocycles. The number of benzene rings is 3. The van der Waals surface area contributed by atoms with Crippen LogP contribution in [-0.4, -0.2) is 34.4 Å². The third kappa shape index (κ3) is 4.73. The summed E-state index contributed by atoms with van der Waals surface area (Å²) >= 11 is 0. The largest absolute Gasteiger partial charge is 0.338 e. The minimum Gasteiger partial charge on any atom is -0.338 e. The Labute approximate surface area is 225 Å². The number of aromatic nitrogens is 1. The zero-order valence-electron chi connectivity index (χ0n) is 21.2. The van der Waals surface area contributed by atoms with Gasteiger partial charge in [-0.1, -0.05) is 42.5 Å². The normalized spacial score (nSPS) is 17.6. The van der Waals surface area contributed by atoms with Crippen LogP contribution in [0.1, 0.15) is 44.3 Å². The molecule has 3 heterocycles. The number of nitrogens with one attached hydrogen (secondary N) is 1. The predicted molar refractivity (Wildman–Crippen MR) is 148 cm³/mol. The monoisotopic (exact) mass is 514 g/mol. The second-order valence-corrected chi connectivity index (χ2v) is 10.2. The predicted octanol–water partition coefficient (Wildman–Crippen LogP) is 4.90. The molecule has 4 aromatic rings. The number of likely N-dealkylation sites (tertiary alicyclic amines) is 1. The Kier molecular flexibility index (Phi) is 6.29. The fourth-order valence-electron chi connectivity index (χ4n) is 5.72. The molecular weight excluding hydrogens is 488 g/mol. The molecule has 2 bridgehead atoms. The van der Waals surface area contributed by atoms with Gasteiger partial charge in [0, 0.05) is 42.4 Å². The number of carbonyl (C=O) groups excluding carboxylic acids is 2. The lowest BCUT2D eigenvalue weighted by Crippen LogP contribution is -2.49. The highest BCUT2D eigenvalue weighted by Crippen LogP contribution is 2.36. The van der Waals surface area contributed by atoms with Crippen molar-refractivity contribution in [1.29, 1.82) is 5.26 Å². The lowest BCUT2D eigenvalue weighted by Gasteiger charge is -2.43. The van der Waals surface area contributed by atoms with Crippen molar-refractivity contribution >= 4 is 17.5 Å². The van der Waals surface area contributed by atoms with Crippen LogP contribution in [0.5, 0.6) is 0 Å². The Morgan fingerprint density at radius 3 is 2.21 bits per heavy atom. The lowest BCUT2D eigenvalue weighted by atomic mass is 9.83. The van der Waals surface area contributed by atoms with E-state index < -0.39 is 5.91 Å². The van der Waals surface area contributed by atoms with E-state index in [1.165, 1.54) is 0 Å². The summed E-state index contributed by atoms with van der Waals surface area (Å²) in [5.74, 6) is -0.179. The molecule has 3 aromatic carbocycles. The molecular formula is C32H26N4O3. The molecule has 0 spiro atoms. The second kappa shape index (κ2) is 10.1. The zero-order chi connectivity index (χ0) is 26.9. The molecule has 1 aromatic heterocycles. The summed E-state index contributed by atoms with van der Waals surface area (Å²) in [5.41, 5.74) is 4.55. The molecule has 2 unspecified atom stereocenters. The average molecular weight is 515 g/mol. The zero-order valence-corrected chi connectivity index (χ0v) is 21.2. The van der Waals surface area contributed by atoms with Crippen molar-refractivity contribution in [2.24, 2.45) is 5.92 Å². The van der Waals surface area contributed by atoms with Crippen molar-refractivity contribution in [3.63, 3.8) is 0 Å². The highest BCUT2D eigenvalue weighted by atomic mass is 16.2. The molecule has 7 nitrogen and oxygen atoms in total. The van der Waals surface area contributed by atoms with Gasteiger partial charge < -0.3 is 14.8 Å². The Balaban J connectivity index is 1.18. The number of hydrogen-bond acceptors (Lipinski definition) is 4. The highest BCUT2D eigenvalue weighted by molar-refractivity contribution is 6.04. The summed E-state index contributed by atoms with van der Waals surface area (Å²) in [6, 6.07) is 29.6. The standard InChI is InChI=1S/C32H26N4O3/c33-17-21-6-8-25(9-7-21)30(37)34-28-14-15-29-27-16-22(19-36(29)32(28)39)18-35(20-27)31(38)26-12-10-24(11-13-26)23-4-2-1-3-5-23/h1-15,22,27H,16,18-20H2,(H,34,37). The molecule has 1 N–H and O–H groups in total. The lowest BCUT2D eigenvalue weighted by molar-refractivity contribution is 0.0594. The van der Waals surface area contributed by atoms with Gasteiger partial charge in [-0.15, -0.1) is 0 Å².